The molecule has 0 atom stereocenters. The van der Waals surface area contributed by atoms with E-state index in [1.165, 1.54) is 43.6 Å². The number of rotatable bonds is 8. The van der Waals surface area contributed by atoms with Crippen molar-refractivity contribution in [3.05, 3.63) is 212 Å². The molecule has 0 spiro atoms. The van der Waals surface area contributed by atoms with Crippen LogP contribution >= 0.6 is 0 Å². The first-order valence-corrected chi connectivity index (χ1v) is 19.5. The van der Waals surface area contributed by atoms with Crippen molar-refractivity contribution in [2.24, 2.45) is 0 Å². The van der Waals surface area contributed by atoms with Crippen LogP contribution in [0.4, 0.5) is 11.4 Å². The van der Waals surface area contributed by atoms with Gasteiger partial charge in [0.1, 0.15) is 0 Å². The number of para-hydroxylation sites is 5. The van der Waals surface area contributed by atoms with Gasteiger partial charge in [-0.25, -0.2) is 0 Å². The number of hydrogen-bond donors (Lipinski definition) is 0. The van der Waals surface area contributed by atoms with Gasteiger partial charge in [0.2, 0.25) is 0 Å². The lowest BCUT2D eigenvalue weighted by Gasteiger charge is -2.26. The fourth-order valence-corrected chi connectivity index (χ4v) is 8.47. The summed E-state index contributed by atoms with van der Waals surface area (Å²) < 4.78 is 4.82. The number of anilines is 2. The molecule has 4 heteroatoms. The Bertz CT molecular complexity index is 2910. The lowest BCUT2D eigenvalue weighted by molar-refractivity contribution is 1.13. The van der Waals surface area contributed by atoms with E-state index in [0.717, 1.165) is 50.7 Å². The second-order valence-electron chi connectivity index (χ2n) is 14.4. The van der Waals surface area contributed by atoms with Crippen LogP contribution in [-0.4, -0.2) is 14.1 Å². The van der Waals surface area contributed by atoms with Crippen molar-refractivity contribution in [1.82, 2.24) is 14.1 Å². The van der Waals surface area contributed by atoms with E-state index in [0.29, 0.717) is 0 Å². The summed E-state index contributed by atoms with van der Waals surface area (Å²) in [7, 11) is 0. The summed E-state index contributed by atoms with van der Waals surface area (Å²) in [5.41, 5.74) is 14.5. The average Bonchev–Trinajstić information content (AvgIpc) is 3.80. The molecule has 0 saturated heterocycles. The zero-order chi connectivity index (χ0) is 38.3. The van der Waals surface area contributed by atoms with Crippen LogP contribution in [0.2, 0.25) is 0 Å². The molecule has 0 unspecified atom stereocenters. The Morgan fingerprint density at radius 1 is 0.439 bits per heavy atom. The smallest absolute Gasteiger partial charge is 0.0541 e. The van der Waals surface area contributed by atoms with Crippen molar-refractivity contribution in [3.8, 4) is 33.6 Å². The number of allylic oxidation sites excluding steroid dienone is 3. The normalized spacial score (nSPS) is 12.1. The summed E-state index contributed by atoms with van der Waals surface area (Å²) in [6.45, 7) is 4.14. The third-order valence-electron chi connectivity index (χ3n) is 11.0. The predicted octanol–water partition coefficient (Wildman–Crippen LogP) is 14.2. The Morgan fingerprint density at radius 2 is 0.877 bits per heavy atom. The number of hydrogen-bond acceptors (Lipinski definition) is 2. The molecule has 0 fully saturated rings. The molecule has 0 saturated carbocycles. The van der Waals surface area contributed by atoms with E-state index in [1.807, 2.05) is 12.4 Å². The van der Waals surface area contributed by atoms with Crippen LogP contribution in [0.5, 0.6) is 0 Å². The summed E-state index contributed by atoms with van der Waals surface area (Å²) in [5.74, 6) is 0. The van der Waals surface area contributed by atoms with Gasteiger partial charge >= 0.3 is 0 Å². The summed E-state index contributed by atoms with van der Waals surface area (Å²) in [6.07, 6.45) is 10.3. The molecule has 10 rings (SSSR count). The standard InChI is InChI=1S/C53H40N4/c1-3-16-41(4-2)55(42-17-6-5-7-18-42)43-29-27-37(28-30-43)39-31-40(36-54-35-39)38-32-44(56-50-23-12-8-19-46(50)47-20-9-13-24-51(47)56)34-45(33-38)57-52-25-14-10-21-48(52)49-22-11-15-26-53(49)57/h3-36H,1-2H3/b16-3-,41-4+. The van der Waals surface area contributed by atoms with Crippen molar-refractivity contribution in [1.29, 1.82) is 0 Å². The Morgan fingerprint density at radius 3 is 1.35 bits per heavy atom. The zero-order valence-electron chi connectivity index (χ0n) is 31.9. The highest BCUT2D eigenvalue weighted by atomic mass is 15.1. The molecule has 272 valence electrons. The highest BCUT2D eigenvalue weighted by molar-refractivity contribution is 6.10. The Kier molecular flexibility index (Phi) is 8.57. The topological polar surface area (TPSA) is 26.0 Å². The van der Waals surface area contributed by atoms with Crippen LogP contribution in [0.3, 0.4) is 0 Å². The van der Waals surface area contributed by atoms with E-state index in [-0.39, 0.29) is 0 Å². The summed E-state index contributed by atoms with van der Waals surface area (Å²) in [6, 6.07) is 63.4. The van der Waals surface area contributed by atoms with Crippen LogP contribution < -0.4 is 4.90 Å². The molecule has 0 aliphatic carbocycles. The lowest BCUT2D eigenvalue weighted by atomic mass is 10.0. The van der Waals surface area contributed by atoms with Gasteiger partial charge in [0.15, 0.2) is 0 Å². The minimum atomic E-state index is 1.05. The zero-order valence-corrected chi connectivity index (χ0v) is 31.9. The van der Waals surface area contributed by atoms with Crippen molar-refractivity contribution in [3.63, 3.8) is 0 Å². The lowest BCUT2D eigenvalue weighted by Crippen LogP contribution is -2.14. The maximum Gasteiger partial charge on any atom is 0.0541 e. The fraction of sp³-hybridized carbons (Fsp3) is 0.0377. The SMILES string of the molecule is C/C=C\C(=C/C)N(c1ccccc1)c1ccc(-c2cncc(-c3cc(-n4c5ccccc5c5ccccc54)cc(-n4c5ccccc5c5ccccc54)c3)c2)cc1. The van der Waals surface area contributed by atoms with Gasteiger partial charge in [0.05, 0.1) is 22.1 Å². The van der Waals surface area contributed by atoms with Crippen molar-refractivity contribution in [2.45, 2.75) is 13.8 Å². The number of fused-ring (bicyclic) bond motifs is 6. The second-order valence-corrected chi connectivity index (χ2v) is 14.4. The molecule has 57 heavy (non-hydrogen) atoms. The van der Waals surface area contributed by atoms with E-state index < -0.39 is 0 Å². The van der Waals surface area contributed by atoms with Gasteiger partial charge in [-0.1, -0.05) is 115 Å². The van der Waals surface area contributed by atoms with Crippen molar-refractivity contribution in [2.75, 3.05) is 4.90 Å². The van der Waals surface area contributed by atoms with Crippen LogP contribution in [0.25, 0.3) is 77.2 Å². The van der Waals surface area contributed by atoms with Gasteiger partial charge < -0.3 is 14.0 Å². The predicted molar refractivity (Wildman–Crippen MR) is 241 cm³/mol. The van der Waals surface area contributed by atoms with Gasteiger partial charge in [-0.05, 0) is 104 Å². The largest absolute Gasteiger partial charge is 0.311 e. The number of nitrogens with zero attached hydrogens (tertiary/aromatic N) is 4. The molecule has 0 amide bonds. The van der Waals surface area contributed by atoms with E-state index in [9.17, 15) is 0 Å². The molecule has 0 bridgehead atoms. The van der Waals surface area contributed by atoms with Gasteiger partial charge in [-0.3, -0.25) is 4.98 Å². The summed E-state index contributed by atoms with van der Waals surface area (Å²) in [4.78, 5) is 7.14. The second kappa shape index (κ2) is 14.3. The minimum absolute atomic E-state index is 1.05. The van der Waals surface area contributed by atoms with Crippen LogP contribution in [0.15, 0.2) is 212 Å². The first-order chi connectivity index (χ1) is 28.2. The molecule has 0 aliphatic rings. The van der Waals surface area contributed by atoms with Crippen molar-refractivity contribution >= 4 is 55.0 Å². The van der Waals surface area contributed by atoms with Gasteiger partial charge in [-0.2, -0.15) is 0 Å². The molecule has 3 heterocycles. The molecular weight excluding hydrogens is 693 g/mol. The molecule has 0 aliphatic heterocycles. The fourth-order valence-electron chi connectivity index (χ4n) is 8.47. The molecule has 3 aromatic heterocycles. The number of benzene rings is 7. The maximum atomic E-state index is 4.85. The third-order valence-corrected chi connectivity index (χ3v) is 11.0. The van der Waals surface area contributed by atoms with E-state index in [1.54, 1.807) is 0 Å². The van der Waals surface area contributed by atoms with E-state index >= 15 is 0 Å². The number of pyridine rings is 1. The molecular formula is C53H40N4. The van der Waals surface area contributed by atoms with E-state index in [2.05, 4.69) is 222 Å². The number of aromatic nitrogens is 3. The third kappa shape index (κ3) is 5.90. The molecule has 0 N–H and O–H groups in total. The monoisotopic (exact) mass is 732 g/mol. The Hall–Kier alpha value is -7.43. The van der Waals surface area contributed by atoms with Gasteiger partial charge in [0, 0.05) is 73.5 Å². The quantitative estimate of drug-likeness (QED) is 0.145. The first-order valence-electron chi connectivity index (χ1n) is 19.5. The highest BCUT2D eigenvalue weighted by Crippen LogP contribution is 2.39. The maximum absolute atomic E-state index is 4.85. The Balaban J connectivity index is 1.14. The minimum Gasteiger partial charge on any atom is -0.311 e. The van der Waals surface area contributed by atoms with E-state index in [4.69, 9.17) is 4.98 Å². The van der Waals surface area contributed by atoms with Gasteiger partial charge in [0.25, 0.3) is 0 Å². The summed E-state index contributed by atoms with van der Waals surface area (Å²) >= 11 is 0. The van der Waals surface area contributed by atoms with Gasteiger partial charge in [-0.15, -0.1) is 0 Å². The molecule has 10 aromatic rings. The van der Waals surface area contributed by atoms with Crippen LogP contribution in [0.1, 0.15) is 13.8 Å². The van der Waals surface area contributed by atoms with Crippen molar-refractivity contribution < 1.29 is 0 Å². The highest BCUT2D eigenvalue weighted by Gasteiger charge is 2.18. The van der Waals surface area contributed by atoms with Crippen LogP contribution in [-0.2, 0) is 0 Å². The molecule has 0 radical (unpaired) electrons. The molecule has 7 aromatic carbocycles. The Labute approximate surface area is 332 Å². The van der Waals surface area contributed by atoms with Crippen LogP contribution in [0, 0.1) is 0 Å². The average molecular weight is 733 g/mol. The first kappa shape index (κ1) is 34.1. The summed E-state index contributed by atoms with van der Waals surface area (Å²) in [5, 5.41) is 4.95. The molecule has 4 nitrogen and oxygen atoms in total.